The summed E-state index contributed by atoms with van der Waals surface area (Å²) >= 11 is 0. The van der Waals surface area contributed by atoms with Crippen molar-refractivity contribution in [1.82, 2.24) is 4.98 Å². The Kier molecular flexibility index (Phi) is 4.91. The largest absolute Gasteiger partial charge is 0.480 e. The van der Waals surface area contributed by atoms with Crippen LogP contribution in [0.25, 0.3) is 16.5 Å². The first-order valence-corrected chi connectivity index (χ1v) is 6.90. The van der Waals surface area contributed by atoms with Gasteiger partial charge in [-0.15, -0.1) is 0 Å². The zero-order chi connectivity index (χ0) is 16.1. The van der Waals surface area contributed by atoms with Gasteiger partial charge in [0, 0.05) is 36.8 Å². The number of aliphatic imine (C=N–C) groups is 1. The predicted molar refractivity (Wildman–Crippen MR) is 90.2 cm³/mol. The number of H-pyrrole nitrogens is 1. The molecule has 0 saturated carbocycles. The molecular formula is C17H19N3O2. The van der Waals surface area contributed by atoms with E-state index in [1.54, 1.807) is 19.3 Å². The number of nitrogens with one attached hydrogen (secondary N) is 1. The smallest absolute Gasteiger partial charge is 0.320 e. The van der Waals surface area contributed by atoms with E-state index < -0.39 is 12.0 Å². The maximum atomic E-state index is 10.9. The summed E-state index contributed by atoms with van der Waals surface area (Å²) in [7, 11) is 1.71. The number of nitrogens with two attached hydrogens (primary N) is 1. The molecular weight excluding hydrogens is 278 g/mol. The highest BCUT2D eigenvalue weighted by Gasteiger charge is 2.15. The summed E-state index contributed by atoms with van der Waals surface area (Å²) < 4.78 is 0. The van der Waals surface area contributed by atoms with E-state index in [-0.39, 0.29) is 0 Å². The van der Waals surface area contributed by atoms with Gasteiger partial charge < -0.3 is 15.8 Å². The first kappa shape index (κ1) is 15.7. The summed E-state index contributed by atoms with van der Waals surface area (Å²) in [5.41, 5.74) is 9.41. The van der Waals surface area contributed by atoms with E-state index in [1.165, 1.54) is 0 Å². The number of rotatable bonds is 6. The van der Waals surface area contributed by atoms with E-state index >= 15 is 0 Å². The fourth-order valence-electron chi connectivity index (χ4n) is 2.30. The SMILES string of the molecule is C=C/C(=C\C=NC)c1ccc2c(CC(N)C(=O)O)c[nH]c2c1. The van der Waals surface area contributed by atoms with Crippen LogP contribution < -0.4 is 5.73 Å². The molecule has 5 nitrogen and oxygen atoms in total. The minimum Gasteiger partial charge on any atom is -0.480 e. The minimum absolute atomic E-state index is 0.293. The second-order valence-electron chi connectivity index (χ2n) is 4.96. The molecule has 0 aliphatic heterocycles. The molecule has 22 heavy (non-hydrogen) atoms. The number of benzene rings is 1. The van der Waals surface area contributed by atoms with Gasteiger partial charge in [0.25, 0.3) is 0 Å². The van der Waals surface area contributed by atoms with Crippen LogP contribution in [0.3, 0.4) is 0 Å². The van der Waals surface area contributed by atoms with Crippen LogP contribution in [0.1, 0.15) is 11.1 Å². The summed E-state index contributed by atoms with van der Waals surface area (Å²) in [6.45, 7) is 3.81. The molecule has 114 valence electrons. The van der Waals surface area contributed by atoms with Crippen LogP contribution in [0.2, 0.25) is 0 Å². The Morgan fingerprint density at radius 1 is 1.55 bits per heavy atom. The first-order chi connectivity index (χ1) is 10.6. The van der Waals surface area contributed by atoms with Crippen molar-refractivity contribution in [3.63, 3.8) is 0 Å². The highest BCUT2D eigenvalue weighted by atomic mass is 16.4. The number of hydrogen-bond acceptors (Lipinski definition) is 3. The monoisotopic (exact) mass is 297 g/mol. The number of carboxylic acid groups (broad SMARTS) is 1. The van der Waals surface area contributed by atoms with Crippen LogP contribution in [-0.4, -0.2) is 35.4 Å². The average Bonchev–Trinajstić information content (AvgIpc) is 2.90. The summed E-state index contributed by atoms with van der Waals surface area (Å²) in [6.07, 6.45) is 7.47. The molecule has 0 bridgehead atoms. The number of hydrogen-bond donors (Lipinski definition) is 3. The van der Waals surface area contributed by atoms with Crippen molar-refractivity contribution in [3.8, 4) is 0 Å². The summed E-state index contributed by atoms with van der Waals surface area (Å²) in [5, 5.41) is 9.90. The predicted octanol–water partition coefficient (Wildman–Crippen LogP) is 2.39. The van der Waals surface area contributed by atoms with E-state index in [1.807, 2.05) is 30.5 Å². The molecule has 0 spiro atoms. The van der Waals surface area contributed by atoms with Gasteiger partial charge in [-0.3, -0.25) is 9.79 Å². The van der Waals surface area contributed by atoms with Gasteiger partial charge in [0.05, 0.1) is 0 Å². The Balaban J connectivity index is 2.37. The van der Waals surface area contributed by atoms with Crippen LogP contribution in [0.15, 0.2) is 48.1 Å². The quantitative estimate of drug-likeness (QED) is 0.564. The third-order valence-electron chi connectivity index (χ3n) is 3.48. The summed E-state index contributed by atoms with van der Waals surface area (Å²) in [4.78, 5) is 18.0. The number of aliphatic carboxylic acids is 1. The Labute approximate surface area is 128 Å². The molecule has 1 atom stereocenters. The Morgan fingerprint density at radius 2 is 2.32 bits per heavy atom. The summed E-state index contributed by atoms with van der Waals surface area (Å²) in [6, 6.07) is 5.04. The van der Waals surface area contributed by atoms with Gasteiger partial charge in [0.1, 0.15) is 6.04 Å². The number of carbonyl (C=O) groups is 1. The van der Waals surface area contributed by atoms with E-state index in [0.29, 0.717) is 6.42 Å². The lowest BCUT2D eigenvalue weighted by molar-refractivity contribution is -0.138. The molecule has 1 aromatic carbocycles. The van der Waals surface area contributed by atoms with Crippen molar-refractivity contribution in [2.24, 2.45) is 10.7 Å². The molecule has 1 aromatic heterocycles. The molecule has 0 aliphatic carbocycles. The maximum Gasteiger partial charge on any atom is 0.320 e. The van der Waals surface area contributed by atoms with Crippen molar-refractivity contribution >= 4 is 28.7 Å². The summed E-state index contributed by atoms with van der Waals surface area (Å²) in [5.74, 6) is -0.998. The van der Waals surface area contributed by atoms with Crippen molar-refractivity contribution in [3.05, 3.63) is 54.3 Å². The molecule has 2 aromatic rings. The van der Waals surface area contributed by atoms with E-state index in [2.05, 4.69) is 16.6 Å². The lowest BCUT2D eigenvalue weighted by Gasteiger charge is -2.06. The van der Waals surface area contributed by atoms with Crippen LogP contribution in [0.4, 0.5) is 0 Å². The molecule has 0 radical (unpaired) electrons. The van der Waals surface area contributed by atoms with Crippen molar-refractivity contribution in [1.29, 1.82) is 0 Å². The number of allylic oxidation sites excluding steroid dienone is 3. The second kappa shape index (κ2) is 6.87. The van der Waals surface area contributed by atoms with Gasteiger partial charge in [-0.2, -0.15) is 0 Å². The Morgan fingerprint density at radius 3 is 2.95 bits per heavy atom. The van der Waals surface area contributed by atoms with Crippen LogP contribution in [-0.2, 0) is 11.2 Å². The molecule has 0 fully saturated rings. The molecule has 0 aliphatic rings. The maximum absolute atomic E-state index is 10.9. The van der Waals surface area contributed by atoms with Crippen LogP contribution in [0, 0.1) is 0 Å². The number of aromatic nitrogens is 1. The van der Waals surface area contributed by atoms with Crippen molar-refractivity contribution < 1.29 is 9.90 Å². The zero-order valence-electron chi connectivity index (χ0n) is 12.4. The van der Waals surface area contributed by atoms with Crippen molar-refractivity contribution in [2.75, 3.05) is 7.05 Å². The molecule has 4 N–H and O–H groups in total. The molecule has 0 amide bonds. The van der Waals surface area contributed by atoms with Gasteiger partial charge >= 0.3 is 5.97 Å². The number of aromatic amines is 1. The molecule has 5 heteroatoms. The lowest BCUT2D eigenvalue weighted by atomic mass is 10.0. The molecule has 2 rings (SSSR count). The Bertz CT molecular complexity index is 756. The third-order valence-corrected chi connectivity index (χ3v) is 3.48. The first-order valence-electron chi connectivity index (χ1n) is 6.90. The standard InChI is InChI=1S/C17H19N3O2/c1-3-11(6-7-19-2)12-4-5-14-13(8-15(18)17(21)22)10-20-16(14)9-12/h3-7,9-10,15,20H,1,8,18H2,2H3,(H,21,22)/b11-6+,19-7?. The molecule has 1 heterocycles. The van der Waals surface area contributed by atoms with Gasteiger partial charge in [0.2, 0.25) is 0 Å². The molecule has 0 saturated heterocycles. The third kappa shape index (κ3) is 3.32. The zero-order valence-corrected chi connectivity index (χ0v) is 12.4. The number of carboxylic acids is 1. The second-order valence-corrected chi connectivity index (χ2v) is 4.96. The van der Waals surface area contributed by atoms with Crippen LogP contribution in [0.5, 0.6) is 0 Å². The highest BCUT2D eigenvalue weighted by molar-refractivity contribution is 5.92. The van der Waals surface area contributed by atoms with Gasteiger partial charge in [-0.1, -0.05) is 24.8 Å². The topological polar surface area (TPSA) is 91.5 Å². The number of fused-ring (bicyclic) bond motifs is 1. The fraction of sp³-hybridized carbons (Fsp3) is 0.176. The minimum atomic E-state index is -0.998. The van der Waals surface area contributed by atoms with E-state index in [0.717, 1.165) is 27.6 Å². The van der Waals surface area contributed by atoms with Gasteiger partial charge in [-0.25, -0.2) is 0 Å². The molecule has 1 unspecified atom stereocenters. The van der Waals surface area contributed by atoms with Crippen molar-refractivity contribution in [2.45, 2.75) is 12.5 Å². The lowest BCUT2D eigenvalue weighted by Crippen LogP contribution is -2.32. The number of nitrogens with zero attached hydrogens (tertiary/aromatic N) is 1. The van der Waals surface area contributed by atoms with Gasteiger partial charge in [-0.05, 0) is 28.8 Å². The Hall–Kier alpha value is -2.66. The normalized spacial score (nSPS) is 13.6. The van der Waals surface area contributed by atoms with E-state index in [4.69, 9.17) is 10.8 Å². The highest BCUT2D eigenvalue weighted by Crippen LogP contribution is 2.24. The fourth-order valence-corrected chi connectivity index (χ4v) is 2.30. The van der Waals surface area contributed by atoms with Gasteiger partial charge in [0.15, 0.2) is 0 Å². The average molecular weight is 297 g/mol. The van der Waals surface area contributed by atoms with Crippen LogP contribution >= 0.6 is 0 Å². The van der Waals surface area contributed by atoms with E-state index in [9.17, 15) is 4.79 Å².